The second-order valence-corrected chi connectivity index (χ2v) is 7.85. The molecule has 2 aliphatic rings. The van der Waals surface area contributed by atoms with Crippen molar-refractivity contribution in [2.45, 2.75) is 19.3 Å². The number of hydrogen-bond acceptors (Lipinski definition) is 7. The van der Waals surface area contributed by atoms with Gasteiger partial charge in [-0.25, -0.2) is 9.78 Å². The summed E-state index contributed by atoms with van der Waals surface area (Å²) in [6.45, 7) is 4.55. The summed E-state index contributed by atoms with van der Waals surface area (Å²) in [5, 5.41) is 8.27. The number of benzene rings is 1. The lowest BCUT2D eigenvalue weighted by Crippen LogP contribution is -2.53. The fourth-order valence-electron chi connectivity index (χ4n) is 4.05. The Morgan fingerprint density at radius 1 is 0.806 bits per heavy atom. The maximum Gasteiger partial charge on any atom is 0.320 e. The second kappa shape index (κ2) is 8.71. The molecule has 0 saturated carbocycles. The van der Waals surface area contributed by atoms with Gasteiger partial charge in [0.15, 0.2) is 0 Å². The van der Waals surface area contributed by atoms with Gasteiger partial charge in [0, 0.05) is 44.8 Å². The third-order valence-electron chi connectivity index (χ3n) is 5.79. The molecule has 0 bridgehead atoms. The number of piperidine rings is 1. The van der Waals surface area contributed by atoms with Crippen molar-refractivity contribution in [2.75, 3.05) is 44.2 Å². The molecule has 2 amide bonds. The number of urea groups is 1. The fourth-order valence-corrected chi connectivity index (χ4v) is 4.05. The summed E-state index contributed by atoms with van der Waals surface area (Å²) in [6.07, 6.45) is 6.80. The number of hydrogen-bond donors (Lipinski definition) is 0. The standard InChI is InChI=1S/C22H25N7O2/c30-22(28-9-5-2-6-10-28)29-13-11-27(12-14-29)19-16-23-15-18(24-19)21-26-25-20(31-21)17-7-3-1-4-8-17/h1,3-4,7-8,15-16H,2,5-6,9-14H2. The van der Waals surface area contributed by atoms with E-state index < -0.39 is 0 Å². The van der Waals surface area contributed by atoms with E-state index >= 15 is 0 Å². The predicted octanol–water partition coefficient (Wildman–Crippen LogP) is 2.92. The number of likely N-dealkylation sites (tertiary alicyclic amines) is 1. The van der Waals surface area contributed by atoms with E-state index in [0.717, 1.165) is 50.4 Å². The first-order valence-electron chi connectivity index (χ1n) is 10.8. The molecule has 160 valence electrons. The highest BCUT2D eigenvalue weighted by molar-refractivity contribution is 5.75. The van der Waals surface area contributed by atoms with Crippen LogP contribution < -0.4 is 4.90 Å². The van der Waals surface area contributed by atoms with Gasteiger partial charge in [0.25, 0.3) is 5.89 Å². The normalized spacial score (nSPS) is 17.1. The van der Waals surface area contributed by atoms with Crippen molar-refractivity contribution in [1.82, 2.24) is 30.0 Å². The van der Waals surface area contributed by atoms with Gasteiger partial charge in [0.1, 0.15) is 11.5 Å². The zero-order valence-electron chi connectivity index (χ0n) is 17.4. The molecular weight excluding hydrogens is 394 g/mol. The number of carbonyl (C=O) groups excluding carboxylic acids is 1. The lowest BCUT2D eigenvalue weighted by molar-refractivity contribution is 0.141. The molecule has 2 saturated heterocycles. The van der Waals surface area contributed by atoms with Crippen LogP contribution in [0.25, 0.3) is 23.0 Å². The topological polar surface area (TPSA) is 91.5 Å². The first-order valence-corrected chi connectivity index (χ1v) is 10.8. The Kier molecular flexibility index (Phi) is 5.47. The van der Waals surface area contributed by atoms with Crippen LogP contribution in [0.1, 0.15) is 19.3 Å². The van der Waals surface area contributed by atoms with E-state index in [1.54, 1.807) is 12.4 Å². The first kappa shape index (κ1) is 19.5. The molecule has 0 unspecified atom stereocenters. The van der Waals surface area contributed by atoms with E-state index in [9.17, 15) is 4.79 Å². The molecule has 0 spiro atoms. The lowest BCUT2D eigenvalue weighted by Gasteiger charge is -2.38. The number of piperazine rings is 1. The van der Waals surface area contributed by atoms with Gasteiger partial charge in [0.2, 0.25) is 5.89 Å². The Labute approximate surface area is 180 Å². The summed E-state index contributed by atoms with van der Waals surface area (Å²) < 4.78 is 5.81. The van der Waals surface area contributed by atoms with Gasteiger partial charge in [0.05, 0.1) is 12.4 Å². The molecule has 31 heavy (non-hydrogen) atoms. The van der Waals surface area contributed by atoms with E-state index in [2.05, 4.69) is 25.1 Å². The monoisotopic (exact) mass is 419 g/mol. The average molecular weight is 419 g/mol. The fraction of sp³-hybridized carbons (Fsp3) is 0.409. The van der Waals surface area contributed by atoms with Crippen molar-refractivity contribution in [2.24, 2.45) is 0 Å². The Morgan fingerprint density at radius 2 is 1.52 bits per heavy atom. The summed E-state index contributed by atoms with van der Waals surface area (Å²) >= 11 is 0. The van der Waals surface area contributed by atoms with E-state index in [0.29, 0.717) is 30.6 Å². The van der Waals surface area contributed by atoms with Crippen molar-refractivity contribution in [3.8, 4) is 23.0 Å². The number of aromatic nitrogens is 4. The second-order valence-electron chi connectivity index (χ2n) is 7.85. The Morgan fingerprint density at radius 3 is 2.29 bits per heavy atom. The van der Waals surface area contributed by atoms with Crippen LogP contribution in [0.2, 0.25) is 0 Å². The van der Waals surface area contributed by atoms with Gasteiger partial charge >= 0.3 is 6.03 Å². The molecule has 0 N–H and O–H groups in total. The lowest BCUT2D eigenvalue weighted by atomic mass is 10.1. The van der Waals surface area contributed by atoms with Crippen LogP contribution >= 0.6 is 0 Å². The molecular formula is C22H25N7O2. The zero-order chi connectivity index (χ0) is 21.0. The minimum absolute atomic E-state index is 0.165. The molecule has 2 aromatic heterocycles. The van der Waals surface area contributed by atoms with Crippen LogP contribution in [-0.4, -0.2) is 75.3 Å². The first-order chi connectivity index (χ1) is 15.3. The molecule has 0 radical (unpaired) electrons. The third-order valence-corrected chi connectivity index (χ3v) is 5.79. The molecule has 2 aliphatic heterocycles. The Bertz CT molecular complexity index is 1030. The van der Waals surface area contributed by atoms with Crippen LogP contribution in [0.4, 0.5) is 10.6 Å². The zero-order valence-corrected chi connectivity index (χ0v) is 17.4. The third kappa shape index (κ3) is 4.21. The summed E-state index contributed by atoms with van der Waals surface area (Å²) in [4.78, 5) is 27.8. The molecule has 9 heteroatoms. The van der Waals surface area contributed by atoms with Gasteiger partial charge in [-0.05, 0) is 31.4 Å². The molecule has 3 aromatic rings. The summed E-state index contributed by atoms with van der Waals surface area (Å²) in [7, 11) is 0. The minimum Gasteiger partial charge on any atom is -0.415 e. The van der Waals surface area contributed by atoms with Crippen LogP contribution in [0.15, 0.2) is 47.1 Å². The van der Waals surface area contributed by atoms with E-state index in [-0.39, 0.29) is 6.03 Å². The average Bonchev–Trinajstić information content (AvgIpc) is 3.35. The molecule has 0 aliphatic carbocycles. The number of nitrogens with zero attached hydrogens (tertiary/aromatic N) is 7. The van der Waals surface area contributed by atoms with Gasteiger partial charge < -0.3 is 19.1 Å². The largest absolute Gasteiger partial charge is 0.415 e. The summed E-state index contributed by atoms with van der Waals surface area (Å²) in [6, 6.07) is 9.80. The smallest absolute Gasteiger partial charge is 0.320 e. The van der Waals surface area contributed by atoms with E-state index in [1.807, 2.05) is 40.1 Å². The van der Waals surface area contributed by atoms with Crippen molar-refractivity contribution in [3.63, 3.8) is 0 Å². The van der Waals surface area contributed by atoms with Crippen molar-refractivity contribution >= 4 is 11.8 Å². The molecule has 2 fully saturated rings. The number of carbonyl (C=O) groups is 1. The Hall–Kier alpha value is -3.49. The quantitative estimate of drug-likeness (QED) is 0.644. The molecule has 9 nitrogen and oxygen atoms in total. The molecule has 5 rings (SSSR count). The number of amides is 2. The molecule has 0 atom stereocenters. The maximum absolute atomic E-state index is 12.7. The minimum atomic E-state index is 0.165. The maximum atomic E-state index is 12.7. The molecule has 1 aromatic carbocycles. The molecule has 4 heterocycles. The van der Waals surface area contributed by atoms with Crippen LogP contribution in [0.5, 0.6) is 0 Å². The highest BCUT2D eigenvalue weighted by Gasteiger charge is 2.27. The SMILES string of the molecule is O=C(N1CCCCC1)N1CCN(c2cncc(-c3nnc(-c4ccccc4)o3)n2)CC1. The van der Waals surface area contributed by atoms with Crippen LogP contribution in [0.3, 0.4) is 0 Å². The van der Waals surface area contributed by atoms with Crippen molar-refractivity contribution < 1.29 is 9.21 Å². The predicted molar refractivity (Wildman–Crippen MR) is 115 cm³/mol. The highest BCUT2D eigenvalue weighted by atomic mass is 16.4. The van der Waals surface area contributed by atoms with Crippen LogP contribution in [-0.2, 0) is 0 Å². The highest BCUT2D eigenvalue weighted by Crippen LogP contribution is 2.24. The Balaban J connectivity index is 1.25. The van der Waals surface area contributed by atoms with Crippen LogP contribution in [0, 0.1) is 0 Å². The van der Waals surface area contributed by atoms with Gasteiger partial charge in [-0.1, -0.05) is 18.2 Å². The number of rotatable bonds is 3. The van der Waals surface area contributed by atoms with Gasteiger partial charge in [-0.15, -0.1) is 10.2 Å². The van der Waals surface area contributed by atoms with E-state index in [4.69, 9.17) is 4.42 Å². The van der Waals surface area contributed by atoms with Gasteiger partial charge in [-0.2, -0.15) is 0 Å². The van der Waals surface area contributed by atoms with E-state index in [1.165, 1.54) is 6.42 Å². The van der Waals surface area contributed by atoms with Crippen molar-refractivity contribution in [3.05, 3.63) is 42.7 Å². The summed E-state index contributed by atoms with van der Waals surface area (Å²) in [5.74, 6) is 1.54. The number of anilines is 1. The van der Waals surface area contributed by atoms with Crippen molar-refractivity contribution in [1.29, 1.82) is 0 Å². The summed E-state index contributed by atoms with van der Waals surface area (Å²) in [5.41, 5.74) is 1.40. The van der Waals surface area contributed by atoms with Gasteiger partial charge in [-0.3, -0.25) is 4.98 Å².